The maximum Gasteiger partial charge on any atom is 0.250 e. The molecule has 6 heteroatoms. The molecule has 1 aromatic carbocycles. The van der Waals surface area contributed by atoms with Gasteiger partial charge in [0.1, 0.15) is 17.9 Å². The fourth-order valence-corrected chi connectivity index (χ4v) is 2.41. The van der Waals surface area contributed by atoms with E-state index in [1.807, 2.05) is 13.8 Å². The van der Waals surface area contributed by atoms with Gasteiger partial charge in [-0.2, -0.15) is 0 Å². The van der Waals surface area contributed by atoms with Crippen LogP contribution in [0.1, 0.15) is 20.8 Å². The number of hydrogen-bond donors (Lipinski definition) is 1. The van der Waals surface area contributed by atoms with Crippen molar-refractivity contribution in [2.24, 2.45) is 5.92 Å². The van der Waals surface area contributed by atoms with E-state index < -0.39 is 17.9 Å². The molecule has 1 fully saturated rings. The smallest absolute Gasteiger partial charge is 0.250 e. The number of carbonyl (C=O) groups excluding carboxylic acids is 2. The van der Waals surface area contributed by atoms with Gasteiger partial charge in [-0.25, -0.2) is 4.39 Å². The minimum Gasteiger partial charge on any atom is -0.342 e. The third-order valence-electron chi connectivity index (χ3n) is 3.42. The first kappa shape index (κ1) is 14.8. The van der Waals surface area contributed by atoms with E-state index in [1.54, 1.807) is 6.92 Å². The Hall–Kier alpha value is -1.62. The second-order valence-corrected chi connectivity index (χ2v) is 5.62. The summed E-state index contributed by atoms with van der Waals surface area (Å²) in [5, 5.41) is 2.63. The topological polar surface area (TPSA) is 49.4 Å². The summed E-state index contributed by atoms with van der Waals surface area (Å²) in [6.07, 6.45) is 0. The standard InChI is InChI=1S/C14H16ClFN2O2/c1-7(2)12-14(20)18(8(3)13(19)17-12)9-4-5-11(16)10(15)6-9/h4-8,12H,1-3H3,(H,17,19). The number of rotatable bonds is 2. The first-order valence-electron chi connectivity index (χ1n) is 6.41. The van der Waals surface area contributed by atoms with Crippen LogP contribution >= 0.6 is 11.6 Å². The zero-order valence-electron chi connectivity index (χ0n) is 11.5. The number of nitrogens with zero attached hydrogens (tertiary/aromatic N) is 1. The Labute approximate surface area is 121 Å². The third kappa shape index (κ3) is 2.50. The molecule has 0 bridgehead atoms. The summed E-state index contributed by atoms with van der Waals surface area (Å²) in [5.41, 5.74) is 0.425. The maximum atomic E-state index is 13.2. The van der Waals surface area contributed by atoms with Crippen LogP contribution in [-0.4, -0.2) is 23.9 Å². The normalized spacial score (nSPS) is 23.2. The van der Waals surface area contributed by atoms with E-state index >= 15 is 0 Å². The molecule has 1 aromatic rings. The second-order valence-electron chi connectivity index (χ2n) is 5.21. The molecule has 1 heterocycles. The molecule has 1 saturated heterocycles. The van der Waals surface area contributed by atoms with Crippen LogP contribution in [0.3, 0.4) is 0 Å². The Kier molecular flexibility index (Phi) is 3.99. The zero-order valence-corrected chi connectivity index (χ0v) is 12.2. The van der Waals surface area contributed by atoms with Crippen molar-refractivity contribution in [1.82, 2.24) is 5.32 Å². The molecule has 2 rings (SSSR count). The van der Waals surface area contributed by atoms with Gasteiger partial charge >= 0.3 is 0 Å². The summed E-state index contributed by atoms with van der Waals surface area (Å²) in [6.45, 7) is 5.34. The fraction of sp³-hybridized carbons (Fsp3) is 0.429. The van der Waals surface area contributed by atoms with Gasteiger partial charge in [0.05, 0.1) is 5.02 Å². The van der Waals surface area contributed by atoms with Gasteiger partial charge in [-0.1, -0.05) is 25.4 Å². The molecule has 108 valence electrons. The lowest BCUT2D eigenvalue weighted by Crippen LogP contribution is -2.64. The number of piperazine rings is 1. The van der Waals surface area contributed by atoms with Crippen molar-refractivity contribution in [1.29, 1.82) is 0 Å². The molecular weight excluding hydrogens is 283 g/mol. The Balaban J connectivity index is 2.43. The Bertz CT molecular complexity index is 562. The van der Waals surface area contributed by atoms with E-state index in [1.165, 1.54) is 23.1 Å². The Morgan fingerprint density at radius 2 is 2.00 bits per heavy atom. The number of carbonyl (C=O) groups is 2. The average molecular weight is 299 g/mol. The van der Waals surface area contributed by atoms with Gasteiger partial charge in [0.15, 0.2) is 0 Å². The quantitative estimate of drug-likeness (QED) is 0.911. The van der Waals surface area contributed by atoms with Gasteiger partial charge in [-0.05, 0) is 31.0 Å². The van der Waals surface area contributed by atoms with Crippen molar-refractivity contribution in [2.75, 3.05) is 4.90 Å². The lowest BCUT2D eigenvalue weighted by molar-refractivity contribution is -0.134. The minimum absolute atomic E-state index is 0.0302. The van der Waals surface area contributed by atoms with Crippen molar-refractivity contribution in [3.05, 3.63) is 29.0 Å². The average Bonchev–Trinajstić information content (AvgIpc) is 2.38. The summed E-state index contributed by atoms with van der Waals surface area (Å²) in [4.78, 5) is 25.8. The number of halogens is 2. The summed E-state index contributed by atoms with van der Waals surface area (Å²) in [7, 11) is 0. The monoisotopic (exact) mass is 298 g/mol. The molecule has 20 heavy (non-hydrogen) atoms. The predicted molar refractivity (Wildman–Crippen MR) is 75.1 cm³/mol. The molecule has 0 aromatic heterocycles. The number of amides is 2. The second kappa shape index (κ2) is 5.40. The minimum atomic E-state index is -0.654. The van der Waals surface area contributed by atoms with Gasteiger partial charge in [0.25, 0.3) is 5.91 Å². The van der Waals surface area contributed by atoms with Crippen LogP contribution < -0.4 is 10.2 Å². The SMILES string of the molecule is CC(C)C1NC(=O)C(C)N(c2ccc(F)c(Cl)c2)C1=O. The molecular formula is C14H16ClFN2O2. The molecule has 1 aliphatic rings. The molecule has 0 radical (unpaired) electrons. The summed E-state index contributed by atoms with van der Waals surface area (Å²) < 4.78 is 13.2. The molecule has 0 aliphatic carbocycles. The van der Waals surface area contributed by atoms with E-state index in [2.05, 4.69) is 5.32 Å². The van der Waals surface area contributed by atoms with Gasteiger partial charge in [0.2, 0.25) is 5.91 Å². The van der Waals surface area contributed by atoms with Gasteiger partial charge < -0.3 is 5.32 Å². The molecule has 2 amide bonds. The van der Waals surface area contributed by atoms with E-state index in [9.17, 15) is 14.0 Å². The van der Waals surface area contributed by atoms with Crippen molar-refractivity contribution < 1.29 is 14.0 Å². The highest BCUT2D eigenvalue weighted by Gasteiger charge is 2.40. The van der Waals surface area contributed by atoms with Crippen LogP contribution in [0.5, 0.6) is 0 Å². The molecule has 1 aliphatic heterocycles. The van der Waals surface area contributed by atoms with Crippen LogP contribution in [0.2, 0.25) is 5.02 Å². The summed E-state index contributed by atoms with van der Waals surface area (Å²) in [6, 6.07) is 2.77. The molecule has 1 N–H and O–H groups in total. The largest absolute Gasteiger partial charge is 0.342 e. The van der Waals surface area contributed by atoms with Crippen LogP contribution in [0, 0.1) is 11.7 Å². The molecule has 2 unspecified atom stereocenters. The molecule has 4 nitrogen and oxygen atoms in total. The third-order valence-corrected chi connectivity index (χ3v) is 3.71. The fourth-order valence-electron chi connectivity index (χ4n) is 2.23. The molecule has 0 spiro atoms. The van der Waals surface area contributed by atoms with Gasteiger partial charge in [0, 0.05) is 5.69 Å². The van der Waals surface area contributed by atoms with Crippen molar-refractivity contribution in [3.63, 3.8) is 0 Å². The Morgan fingerprint density at radius 1 is 1.35 bits per heavy atom. The van der Waals surface area contributed by atoms with Crippen LogP contribution in [0.25, 0.3) is 0 Å². The lowest BCUT2D eigenvalue weighted by atomic mass is 9.98. The highest BCUT2D eigenvalue weighted by molar-refractivity contribution is 6.31. The van der Waals surface area contributed by atoms with E-state index in [-0.39, 0.29) is 22.8 Å². The molecule has 2 atom stereocenters. The first-order valence-corrected chi connectivity index (χ1v) is 6.79. The van der Waals surface area contributed by atoms with Crippen molar-refractivity contribution in [2.45, 2.75) is 32.9 Å². The summed E-state index contributed by atoms with van der Waals surface area (Å²) >= 11 is 5.75. The lowest BCUT2D eigenvalue weighted by Gasteiger charge is -2.38. The van der Waals surface area contributed by atoms with E-state index in [0.29, 0.717) is 5.69 Å². The van der Waals surface area contributed by atoms with Crippen LogP contribution in [-0.2, 0) is 9.59 Å². The van der Waals surface area contributed by atoms with E-state index in [0.717, 1.165) is 0 Å². The maximum absolute atomic E-state index is 13.2. The first-order chi connectivity index (χ1) is 9.32. The van der Waals surface area contributed by atoms with Gasteiger partial charge in [-0.15, -0.1) is 0 Å². The van der Waals surface area contributed by atoms with Crippen LogP contribution in [0.15, 0.2) is 18.2 Å². The highest BCUT2D eigenvalue weighted by atomic mass is 35.5. The number of nitrogens with one attached hydrogen (secondary N) is 1. The van der Waals surface area contributed by atoms with Gasteiger partial charge in [-0.3, -0.25) is 14.5 Å². The Morgan fingerprint density at radius 3 is 2.55 bits per heavy atom. The zero-order chi connectivity index (χ0) is 15.0. The number of anilines is 1. The van der Waals surface area contributed by atoms with Crippen LogP contribution in [0.4, 0.5) is 10.1 Å². The number of benzene rings is 1. The highest BCUT2D eigenvalue weighted by Crippen LogP contribution is 2.27. The van der Waals surface area contributed by atoms with E-state index in [4.69, 9.17) is 11.6 Å². The summed E-state index contributed by atoms with van der Waals surface area (Å²) in [5.74, 6) is -1.03. The molecule has 0 saturated carbocycles. The predicted octanol–water partition coefficient (Wildman–Crippen LogP) is 2.36. The van der Waals surface area contributed by atoms with Crippen molar-refractivity contribution in [3.8, 4) is 0 Å². The van der Waals surface area contributed by atoms with Crippen molar-refractivity contribution >= 4 is 29.1 Å². The number of hydrogen-bond acceptors (Lipinski definition) is 2.